The van der Waals surface area contributed by atoms with Crippen LogP contribution in [0.1, 0.15) is 10.4 Å². The zero-order valence-corrected chi connectivity index (χ0v) is 42.4. The molecule has 0 aliphatic rings. The maximum Gasteiger partial charge on any atom is 1.00 e. The van der Waals surface area contributed by atoms with Crippen LogP contribution in [0.3, 0.4) is 0 Å². The first-order valence-electron chi connectivity index (χ1n) is 14.3. The molecule has 286 valence electrons. The van der Waals surface area contributed by atoms with E-state index in [0.717, 1.165) is 36.4 Å². The summed E-state index contributed by atoms with van der Waals surface area (Å²) in [5.41, 5.74) is -2.45. The van der Waals surface area contributed by atoms with Crippen LogP contribution in [0.25, 0.3) is 21.5 Å². The molecule has 58 heavy (non-hydrogen) atoms. The number of aromatic hydroxyl groups is 1. The number of rotatable bonds is 12. The van der Waals surface area contributed by atoms with Gasteiger partial charge < -0.3 is 28.6 Å². The molecule has 0 saturated heterocycles. The number of phenolic OH excluding ortho intramolecular Hbond substituents is 1. The fourth-order valence-electron chi connectivity index (χ4n) is 5.10. The van der Waals surface area contributed by atoms with E-state index in [1.165, 1.54) is 24.3 Å². The van der Waals surface area contributed by atoms with Crippen molar-refractivity contribution >= 4 is 95.1 Å². The Kier molecular flexibility index (Phi) is 19.9. The third-order valence-corrected chi connectivity index (χ3v) is 12.2. The Morgan fingerprint density at radius 1 is 0.672 bits per heavy atom. The van der Waals surface area contributed by atoms with E-state index in [0.29, 0.717) is 12.1 Å². The van der Waals surface area contributed by atoms with Crippen molar-refractivity contribution in [3.05, 3.63) is 84.4 Å². The largest absolute Gasteiger partial charge is 1.00 e. The van der Waals surface area contributed by atoms with Crippen LogP contribution >= 0.6 is 0 Å². The number of azo groups is 1. The Balaban J connectivity index is 0.00000420. The van der Waals surface area contributed by atoms with Crippen LogP contribution in [0.5, 0.6) is 5.75 Å². The number of carbonyl (C=O) groups excluding carboxylic acids is 1. The number of carbonyl (C=O) groups is 1. The molecule has 0 spiro atoms. The predicted octanol–water partition coefficient (Wildman–Crippen LogP) is -9.65. The fourth-order valence-corrected chi connectivity index (χ4v) is 8.73. The first-order valence-corrected chi connectivity index (χ1v) is 21.5. The normalized spacial score (nSPS) is 12.2. The van der Waals surface area contributed by atoms with E-state index >= 15 is 0 Å². The molecule has 0 aromatic heterocycles. The molecule has 0 fully saturated rings. The third kappa shape index (κ3) is 13.0. The standard InChI is InChI=1S/C29H23N3O17S5.4Na/c33-27-25-20(23(51(37,38)39)11-10-21(25)30-29(34)16-4-2-1-3-5-16)15-24(52(40,41)42)26(27)32-31-22-9-6-17-14-18(7-8-19(17)28(22)53(43,44)45)50(35,36)13-12-49-54(46,47)48;;;;/h1-11,14-15,33H,12-13H2,(H,30,34)(H,37,38,39)(H,40,41,42)(H,43,44,45)(H,46,47,48);;;;/q;4*+1/p-4. The maximum absolute atomic E-state index is 13.0. The van der Waals surface area contributed by atoms with Crippen LogP contribution in [-0.4, -0.2) is 83.7 Å². The molecule has 5 aromatic rings. The minimum Gasteiger partial charge on any atom is -0.744 e. The maximum atomic E-state index is 13.0. The molecule has 29 heteroatoms. The summed E-state index contributed by atoms with van der Waals surface area (Å²) in [6, 6.07) is 13.6. The van der Waals surface area contributed by atoms with Crippen LogP contribution in [0.2, 0.25) is 0 Å². The second-order valence-electron chi connectivity index (χ2n) is 10.8. The molecule has 5 aromatic carbocycles. The van der Waals surface area contributed by atoms with Crippen molar-refractivity contribution in [1.82, 2.24) is 0 Å². The van der Waals surface area contributed by atoms with E-state index < -0.39 is 127 Å². The Labute approximate surface area is 419 Å². The number of hydrogen-bond donors (Lipinski definition) is 2. The van der Waals surface area contributed by atoms with Crippen molar-refractivity contribution in [2.24, 2.45) is 10.2 Å². The van der Waals surface area contributed by atoms with Gasteiger partial charge in [-0.1, -0.05) is 30.3 Å². The van der Waals surface area contributed by atoms with Gasteiger partial charge in [0.05, 0.1) is 43.0 Å². The van der Waals surface area contributed by atoms with E-state index in [1.807, 2.05) is 0 Å². The molecular weight excluding hydrogens is 915 g/mol. The number of fused-ring (bicyclic) bond motifs is 2. The molecule has 0 unspecified atom stereocenters. The minimum atomic E-state index is -5.74. The zero-order valence-electron chi connectivity index (χ0n) is 30.3. The smallest absolute Gasteiger partial charge is 0.744 e. The summed E-state index contributed by atoms with van der Waals surface area (Å²) < 4.78 is 172. The quantitative estimate of drug-likeness (QED) is 0.0508. The number of anilines is 1. The summed E-state index contributed by atoms with van der Waals surface area (Å²) in [7, 11) is -26.3. The van der Waals surface area contributed by atoms with Gasteiger partial charge in [-0.25, -0.2) is 42.1 Å². The van der Waals surface area contributed by atoms with Crippen LogP contribution < -0.4 is 124 Å². The van der Waals surface area contributed by atoms with Crippen molar-refractivity contribution in [3.63, 3.8) is 0 Å². The number of hydrogen-bond acceptors (Lipinski definition) is 19. The van der Waals surface area contributed by atoms with E-state index in [2.05, 4.69) is 19.7 Å². The molecule has 0 heterocycles. The van der Waals surface area contributed by atoms with E-state index in [1.54, 1.807) is 6.07 Å². The van der Waals surface area contributed by atoms with Gasteiger partial charge in [0, 0.05) is 16.3 Å². The molecule has 5 rings (SSSR count). The minimum absolute atomic E-state index is 0. The van der Waals surface area contributed by atoms with Gasteiger partial charge in [0.25, 0.3) is 5.91 Å². The van der Waals surface area contributed by atoms with Crippen molar-refractivity contribution in [3.8, 4) is 5.75 Å². The van der Waals surface area contributed by atoms with Crippen molar-refractivity contribution < 1.29 is 193 Å². The van der Waals surface area contributed by atoms with E-state index in [-0.39, 0.29) is 129 Å². The van der Waals surface area contributed by atoms with Crippen LogP contribution in [-0.2, 0) is 54.8 Å². The molecule has 0 saturated carbocycles. The van der Waals surface area contributed by atoms with Crippen LogP contribution in [0, 0.1) is 0 Å². The molecule has 0 atom stereocenters. The Hall–Kier alpha value is -0.960. The second kappa shape index (κ2) is 20.9. The van der Waals surface area contributed by atoms with Gasteiger partial charge in [-0.05, 0) is 53.9 Å². The van der Waals surface area contributed by atoms with E-state index in [9.17, 15) is 70.2 Å². The monoisotopic (exact) mass is 933 g/mol. The topological polar surface area (TPSA) is 346 Å². The van der Waals surface area contributed by atoms with Crippen LogP contribution in [0.4, 0.5) is 17.1 Å². The van der Waals surface area contributed by atoms with Gasteiger partial charge in [0.1, 0.15) is 41.7 Å². The van der Waals surface area contributed by atoms with Gasteiger partial charge >= 0.3 is 118 Å². The predicted molar refractivity (Wildman–Crippen MR) is 180 cm³/mol. The summed E-state index contributed by atoms with van der Waals surface area (Å²) in [5.74, 6) is -3.17. The average molecular weight is 934 g/mol. The van der Waals surface area contributed by atoms with Gasteiger partial charge in [-0.2, -0.15) is 0 Å². The molecular formula is C29H19N3Na4O17S5. The summed E-state index contributed by atoms with van der Waals surface area (Å²) in [5, 5.41) is 18.5. The number of amides is 1. The number of nitrogens with zero attached hydrogens (tertiary/aromatic N) is 2. The van der Waals surface area contributed by atoms with Crippen LogP contribution in [0.15, 0.2) is 109 Å². The summed E-state index contributed by atoms with van der Waals surface area (Å²) in [6.45, 7) is -1.05. The number of sulfone groups is 1. The van der Waals surface area contributed by atoms with E-state index in [4.69, 9.17) is 0 Å². The molecule has 2 N–H and O–H groups in total. The molecule has 20 nitrogen and oxygen atoms in total. The first kappa shape index (κ1) is 55.1. The second-order valence-corrected chi connectivity index (χ2v) is 18.0. The molecule has 0 aliphatic carbocycles. The molecule has 0 aliphatic heterocycles. The molecule has 0 radical (unpaired) electrons. The van der Waals surface area contributed by atoms with Gasteiger partial charge in [0.15, 0.2) is 15.6 Å². The van der Waals surface area contributed by atoms with Gasteiger partial charge in [-0.3, -0.25) is 8.98 Å². The van der Waals surface area contributed by atoms with Gasteiger partial charge in [-0.15, -0.1) is 10.2 Å². The third-order valence-electron chi connectivity index (χ3n) is 7.37. The fraction of sp³-hybridized carbons (Fsp3) is 0.0690. The van der Waals surface area contributed by atoms with Crippen molar-refractivity contribution in [2.45, 2.75) is 19.6 Å². The summed E-state index contributed by atoms with van der Waals surface area (Å²) >= 11 is 0. The molecule has 1 amide bonds. The zero-order chi connectivity index (χ0) is 40.0. The van der Waals surface area contributed by atoms with Gasteiger partial charge in [0.2, 0.25) is 10.4 Å². The number of benzene rings is 5. The van der Waals surface area contributed by atoms with Crippen molar-refractivity contribution in [2.75, 3.05) is 17.7 Å². The molecule has 0 bridgehead atoms. The SMILES string of the molecule is O=C(Nc1ccc(S(=O)(=O)[O-])c2cc(S(=O)(=O)[O-])c(N=Nc3ccc4cc(S(=O)(=O)CCOS(=O)(=O)[O-])ccc4c3S(=O)(=O)[O-])c(O)c12)c1ccccc1.[Na+].[Na+].[Na+].[Na+]. The Morgan fingerprint density at radius 2 is 1.28 bits per heavy atom. The number of phenols is 1. The average Bonchev–Trinajstić information content (AvgIpc) is 3.05. The van der Waals surface area contributed by atoms with Crippen molar-refractivity contribution in [1.29, 1.82) is 0 Å². The summed E-state index contributed by atoms with van der Waals surface area (Å²) in [6.07, 6.45) is 0. The Bertz CT molecular complexity index is 2990. The number of nitrogens with one attached hydrogen (secondary N) is 1. The Morgan fingerprint density at radius 3 is 1.83 bits per heavy atom. The first-order chi connectivity index (χ1) is 24.9. The summed E-state index contributed by atoms with van der Waals surface area (Å²) in [4.78, 5) is 8.68.